The molecule has 0 aromatic rings. The highest BCUT2D eigenvalue weighted by Crippen LogP contribution is 2.00. The number of hydrogen-bond acceptors (Lipinski definition) is 3. The van der Waals surface area contributed by atoms with Gasteiger partial charge in [-0.3, -0.25) is 9.59 Å². The van der Waals surface area contributed by atoms with Gasteiger partial charge >= 0.3 is 5.97 Å². The summed E-state index contributed by atoms with van der Waals surface area (Å²) in [4.78, 5) is 22.1. The molecule has 0 unspecified atom stereocenters. The molecule has 0 aromatic carbocycles. The molecular formula is C12H23NO3. The van der Waals surface area contributed by atoms with Crippen molar-refractivity contribution in [3.8, 4) is 0 Å². The van der Waals surface area contributed by atoms with E-state index in [1.54, 1.807) is 6.92 Å². The van der Waals surface area contributed by atoms with Crippen LogP contribution in [0.1, 0.15) is 52.4 Å². The number of amides is 1. The minimum atomic E-state index is -0.127. The number of nitrogens with one attached hydrogen (secondary N) is 1. The number of carbonyl (C=O) groups is 2. The lowest BCUT2D eigenvalue weighted by molar-refractivity contribution is -0.143. The molecule has 0 radical (unpaired) electrons. The van der Waals surface area contributed by atoms with Gasteiger partial charge in [-0.2, -0.15) is 0 Å². The fourth-order valence-corrected chi connectivity index (χ4v) is 1.35. The molecule has 4 heteroatoms. The third-order valence-electron chi connectivity index (χ3n) is 2.16. The highest BCUT2D eigenvalue weighted by atomic mass is 16.5. The molecule has 0 aromatic heterocycles. The molecule has 0 aliphatic heterocycles. The van der Waals surface area contributed by atoms with Crippen LogP contribution in [0.25, 0.3) is 0 Å². The molecule has 0 aliphatic carbocycles. The number of ether oxygens (including phenoxy) is 1. The number of hydrogen-bond donors (Lipinski definition) is 1. The standard InChI is InChI=1S/C12H23NO3/c1-3-8-11(14)13-10-7-5-6-9-12(15)16-4-2/h3-10H2,1-2H3,(H,13,14). The van der Waals surface area contributed by atoms with Crippen LogP contribution in [-0.4, -0.2) is 25.0 Å². The highest BCUT2D eigenvalue weighted by molar-refractivity contribution is 5.75. The van der Waals surface area contributed by atoms with Gasteiger partial charge in [0.2, 0.25) is 5.91 Å². The van der Waals surface area contributed by atoms with E-state index in [-0.39, 0.29) is 11.9 Å². The SMILES string of the molecule is CCCC(=O)NCCCCCC(=O)OCC. The summed E-state index contributed by atoms with van der Waals surface area (Å²) in [6, 6.07) is 0. The number of esters is 1. The summed E-state index contributed by atoms with van der Waals surface area (Å²) in [5.41, 5.74) is 0. The first-order valence-electron chi connectivity index (χ1n) is 6.13. The van der Waals surface area contributed by atoms with Crippen LogP contribution in [0, 0.1) is 0 Å². The first-order valence-corrected chi connectivity index (χ1v) is 6.13. The summed E-state index contributed by atoms with van der Waals surface area (Å²) >= 11 is 0. The van der Waals surface area contributed by atoms with Crippen LogP contribution in [-0.2, 0) is 14.3 Å². The van der Waals surface area contributed by atoms with E-state index in [4.69, 9.17) is 4.74 Å². The lowest BCUT2D eigenvalue weighted by Crippen LogP contribution is -2.23. The third kappa shape index (κ3) is 9.49. The summed E-state index contributed by atoms with van der Waals surface area (Å²) in [5.74, 6) is -0.00888. The van der Waals surface area contributed by atoms with E-state index in [2.05, 4.69) is 5.32 Å². The Kier molecular flexibility index (Phi) is 9.76. The fraction of sp³-hybridized carbons (Fsp3) is 0.833. The van der Waals surface area contributed by atoms with E-state index >= 15 is 0 Å². The van der Waals surface area contributed by atoms with Crippen molar-refractivity contribution < 1.29 is 14.3 Å². The molecule has 4 nitrogen and oxygen atoms in total. The predicted molar refractivity (Wildman–Crippen MR) is 63.0 cm³/mol. The van der Waals surface area contributed by atoms with Gasteiger partial charge in [-0.15, -0.1) is 0 Å². The second kappa shape index (κ2) is 10.5. The summed E-state index contributed by atoms with van der Waals surface area (Å²) < 4.78 is 4.81. The van der Waals surface area contributed by atoms with E-state index in [1.165, 1.54) is 0 Å². The van der Waals surface area contributed by atoms with Gasteiger partial charge in [0.1, 0.15) is 0 Å². The zero-order valence-corrected chi connectivity index (χ0v) is 10.4. The van der Waals surface area contributed by atoms with Gasteiger partial charge in [0.15, 0.2) is 0 Å². The number of rotatable bonds is 9. The van der Waals surface area contributed by atoms with E-state index < -0.39 is 0 Å². The normalized spacial score (nSPS) is 9.88. The van der Waals surface area contributed by atoms with Crippen molar-refractivity contribution in [3.63, 3.8) is 0 Å². The molecule has 0 atom stereocenters. The molecule has 0 heterocycles. The van der Waals surface area contributed by atoms with Crippen LogP contribution >= 0.6 is 0 Å². The largest absolute Gasteiger partial charge is 0.466 e. The summed E-state index contributed by atoms with van der Waals surface area (Å²) in [5, 5.41) is 2.84. The van der Waals surface area contributed by atoms with Crippen molar-refractivity contribution in [3.05, 3.63) is 0 Å². The Bertz CT molecular complexity index is 182. The molecule has 0 bridgehead atoms. The van der Waals surface area contributed by atoms with Gasteiger partial charge in [-0.25, -0.2) is 0 Å². The quantitative estimate of drug-likeness (QED) is 0.486. The Morgan fingerprint density at radius 1 is 1.06 bits per heavy atom. The molecule has 0 fully saturated rings. The maximum absolute atomic E-state index is 11.1. The predicted octanol–water partition coefficient (Wildman–Crippen LogP) is 2.03. The molecule has 1 N–H and O–H groups in total. The lowest BCUT2D eigenvalue weighted by Gasteiger charge is -2.04. The van der Waals surface area contributed by atoms with E-state index in [0.29, 0.717) is 26.0 Å². The third-order valence-corrected chi connectivity index (χ3v) is 2.16. The summed E-state index contributed by atoms with van der Waals surface area (Å²) in [6.45, 7) is 4.95. The molecule has 0 saturated carbocycles. The van der Waals surface area contributed by atoms with Crippen LogP contribution in [0.4, 0.5) is 0 Å². The molecule has 16 heavy (non-hydrogen) atoms. The van der Waals surface area contributed by atoms with Crippen LogP contribution in [0.2, 0.25) is 0 Å². The number of carbonyl (C=O) groups excluding carboxylic acids is 2. The maximum atomic E-state index is 11.1. The minimum Gasteiger partial charge on any atom is -0.466 e. The molecule has 0 spiro atoms. The van der Waals surface area contributed by atoms with Crippen LogP contribution in [0.5, 0.6) is 0 Å². The smallest absolute Gasteiger partial charge is 0.305 e. The molecular weight excluding hydrogens is 206 g/mol. The zero-order valence-electron chi connectivity index (χ0n) is 10.4. The number of unbranched alkanes of at least 4 members (excludes halogenated alkanes) is 2. The van der Waals surface area contributed by atoms with Crippen molar-refractivity contribution in [1.82, 2.24) is 5.32 Å². The first kappa shape index (κ1) is 14.9. The molecule has 0 aliphatic rings. The Morgan fingerprint density at radius 3 is 2.44 bits per heavy atom. The Morgan fingerprint density at radius 2 is 1.81 bits per heavy atom. The fourth-order valence-electron chi connectivity index (χ4n) is 1.35. The topological polar surface area (TPSA) is 55.4 Å². The minimum absolute atomic E-state index is 0.118. The van der Waals surface area contributed by atoms with E-state index in [9.17, 15) is 9.59 Å². The summed E-state index contributed by atoms with van der Waals surface area (Å²) in [6.07, 6.45) is 4.68. The van der Waals surface area contributed by atoms with Crippen molar-refractivity contribution in [2.75, 3.05) is 13.2 Å². The zero-order chi connectivity index (χ0) is 12.2. The summed E-state index contributed by atoms with van der Waals surface area (Å²) in [7, 11) is 0. The molecule has 1 amide bonds. The lowest BCUT2D eigenvalue weighted by atomic mass is 10.2. The average Bonchev–Trinajstić information content (AvgIpc) is 2.24. The van der Waals surface area contributed by atoms with Crippen molar-refractivity contribution in [2.24, 2.45) is 0 Å². The van der Waals surface area contributed by atoms with Gasteiger partial charge in [0.25, 0.3) is 0 Å². The highest BCUT2D eigenvalue weighted by Gasteiger charge is 2.01. The van der Waals surface area contributed by atoms with Gasteiger partial charge in [-0.1, -0.05) is 13.3 Å². The van der Waals surface area contributed by atoms with Gasteiger partial charge < -0.3 is 10.1 Å². The average molecular weight is 229 g/mol. The Labute approximate surface area is 97.7 Å². The van der Waals surface area contributed by atoms with Gasteiger partial charge in [0, 0.05) is 19.4 Å². The molecule has 0 saturated heterocycles. The van der Waals surface area contributed by atoms with Gasteiger partial charge in [0.05, 0.1) is 6.61 Å². The van der Waals surface area contributed by atoms with Crippen LogP contribution in [0.15, 0.2) is 0 Å². The molecule has 94 valence electrons. The Hall–Kier alpha value is -1.06. The first-order chi connectivity index (χ1) is 7.70. The van der Waals surface area contributed by atoms with Crippen LogP contribution in [0.3, 0.4) is 0 Å². The second-order valence-corrected chi connectivity index (χ2v) is 3.72. The van der Waals surface area contributed by atoms with Gasteiger partial charge in [-0.05, 0) is 26.2 Å². The van der Waals surface area contributed by atoms with Crippen molar-refractivity contribution in [1.29, 1.82) is 0 Å². The van der Waals surface area contributed by atoms with Crippen LogP contribution < -0.4 is 5.32 Å². The maximum Gasteiger partial charge on any atom is 0.305 e. The molecule has 0 rings (SSSR count). The Balaban J connectivity index is 3.21. The van der Waals surface area contributed by atoms with E-state index in [1.807, 2.05) is 6.92 Å². The monoisotopic (exact) mass is 229 g/mol. The second-order valence-electron chi connectivity index (χ2n) is 3.72. The van der Waals surface area contributed by atoms with Crippen molar-refractivity contribution in [2.45, 2.75) is 52.4 Å². The van der Waals surface area contributed by atoms with Crippen molar-refractivity contribution >= 4 is 11.9 Å². The van der Waals surface area contributed by atoms with E-state index in [0.717, 1.165) is 25.7 Å².